The number of carbonyl (C=O) groups is 1. The second-order valence-corrected chi connectivity index (χ2v) is 8.23. The van der Waals surface area contributed by atoms with Gasteiger partial charge in [-0.05, 0) is 63.9 Å². The SMILES string of the molecule is Cc1cccnc1N1C[C@]2(CC[C@](c3ccccc3)(N(C)C)CC2)NC1=O. The first-order valence-electron chi connectivity index (χ1n) is 9.70. The fourth-order valence-corrected chi connectivity index (χ4v) is 4.81. The van der Waals surface area contributed by atoms with E-state index in [1.807, 2.05) is 24.0 Å². The molecule has 2 heterocycles. The van der Waals surface area contributed by atoms with E-state index in [-0.39, 0.29) is 17.1 Å². The number of aryl methyl sites for hydroxylation is 1. The number of hydrogen-bond donors (Lipinski definition) is 1. The van der Waals surface area contributed by atoms with Crippen LogP contribution in [0.15, 0.2) is 48.7 Å². The van der Waals surface area contributed by atoms with Gasteiger partial charge in [0.2, 0.25) is 0 Å². The summed E-state index contributed by atoms with van der Waals surface area (Å²) in [5, 5.41) is 3.30. The lowest BCUT2D eigenvalue weighted by Crippen LogP contribution is -2.54. The first kappa shape index (κ1) is 18.0. The van der Waals surface area contributed by atoms with Crippen molar-refractivity contribution in [2.75, 3.05) is 25.5 Å². The van der Waals surface area contributed by atoms with Gasteiger partial charge in [0.25, 0.3) is 0 Å². The van der Waals surface area contributed by atoms with Crippen molar-refractivity contribution in [1.82, 2.24) is 15.2 Å². The summed E-state index contributed by atoms with van der Waals surface area (Å²) >= 11 is 0. The van der Waals surface area contributed by atoms with Crippen LogP contribution in [0.25, 0.3) is 0 Å². The first-order valence-corrected chi connectivity index (χ1v) is 9.70. The van der Waals surface area contributed by atoms with E-state index >= 15 is 0 Å². The Kier molecular flexibility index (Phi) is 4.42. The number of rotatable bonds is 3. The molecule has 142 valence electrons. The summed E-state index contributed by atoms with van der Waals surface area (Å²) in [7, 11) is 4.34. The molecule has 2 aliphatic rings. The van der Waals surface area contributed by atoms with Crippen molar-refractivity contribution in [3.63, 3.8) is 0 Å². The largest absolute Gasteiger partial charge is 0.330 e. The molecule has 2 amide bonds. The van der Waals surface area contributed by atoms with Crippen LogP contribution in [0.4, 0.5) is 10.6 Å². The van der Waals surface area contributed by atoms with Gasteiger partial charge in [-0.3, -0.25) is 9.80 Å². The van der Waals surface area contributed by atoms with Gasteiger partial charge in [0.1, 0.15) is 5.82 Å². The number of hydrogen-bond acceptors (Lipinski definition) is 3. The molecule has 4 rings (SSSR count). The number of carbonyl (C=O) groups excluding carboxylic acids is 1. The van der Waals surface area contributed by atoms with Crippen LogP contribution in [0.5, 0.6) is 0 Å². The van der Waals surface area contributed by atoms with Crippen molar-refractivity contribution >= 4 is 11.8 Å². The standard InChI is InChI=1S/C22H28N4O/c1-17-8-7-15-23-19(17)26-16-21(24-20(26)27)11-13-22(14-12-21,25(2)3)18-9-5-4-6-10-18/h4-10,15H,11-14,16H2,1-3H3,(H,24,27)/t21-,22+. The molecule has 0 radical (unpaired) electrons. The Bertz CT molecular complexity index is 825. The lowest BCUT2D eigenvalue weighted by molar-refractivity contribution is 0.0657. The molecule has 2 fully saturated rings. The fraction of sp³-hybridized carbons (Fsp3) is 0.455. The lowest BCUT2D eigenvalue weighted by atomic mass is 9.69. The van der Waals surface area contributed by atoms with E-state index in [0.717, 1.165) is 37.1 Å². The van der Waals surface area contributed by atoms with Crippen LogP contribution in [0.2, 0.25) is 0 Å². The van der Waals surface area contributed by atoms with E-state index in [1.54, 1.807) is 6.20 Å². The zero-order valence-electron chi connectivity index (χ0n) is 16.4. The molecule has 1 saturated heterocycles. The average molecular weight is 364 g/mol. The molecular formula is C22H28N4O. The normalized spacial score (nSPS) is 28.0. The van der Waals surface area contributed by atoms with Gasteiger partial charge in [0, 0.05) is 11.7 Å². The van der Waals surface area contributed by atoms with Gasteiger partial charge in [0.05, 0.1) is 12.1 Å². The third-order valence-electron chi connectivity index (χ3n) is 6.52. The number of nitrogens with one attached hydrogen (secondary N) is 1. The Morgan fingerprint density at radius 1 is 1.04 bits per heavy atom. The topological polar surface area (TPSA) is 48.5 Å². The minimum atomic E-state index is -0.157. The number of amides is 2. The van der Waals surface area contributed by atoms with E-state index < -0.39 is 0 Å². The van der Waals surface area contributed by atoms with Crippen LogP contribution >= 0.6 is 0 Å². The van der Waals surface area contributed by atoms with Gasteiger partial charge < -0.3 is 5.32 Å². The number of benzene rings is 1. The lowest BCUT2D eigenvalue weighted by Gasteiger charge is -2.48. The van der Waals surface area contributed by atoms with Gasteiger partial charge in [-0.2, -0.15) is 0 Å². The minimum Gasteiger partial charge on any atom is -0.330 e. The summed E-state index contributed by atoms with van der Waals surface area (Å²) in [6, 6.07) is 14.7. The van der Waals surface area contributed by atoms with Gasteiger partial charge >= 0.3 is 6.03 Å². The molecule has 0 bridgehead atoms. The monoisotopic (exact) mass is 364 g/mol. The number of pyridine rings is 1. The van der Waals surface area contributed by atoms with Crippen molar-refractivity contribution in [2.24, 2.45) is 0 Å². The molecule has 0 unspecified atom stereocenters. The van der Waals surface area contributed by atoms with Gasteiger partial charge in [-0.15, -0.1) is 0 Å². The predicted octanol–water partition coefficient (Wildman–Crippen LogP) is 3.69. The molecule has 1 aromatic carbocycles. The van der Waals surface area contributed by atoms with Crippen molar-refractivity contribution in [3.8, 4) is 0 Å². The van der Waals surface area contributed by atoms with Crippen LogP contribution in [0.3, 0.4) is 0 Å². The Morgan fingerprint density at radius 2 is 1.74 bits per heavy atom. The number of aromatic nitrogens is 1. The molecule has 1 saturated carbocycles. The molecule has 27 heavy (non-hydrogen) atoms. The van der Waals surface area contributed by atoms with E-state index in [4.69, 9.17) is 0 Å². The molecule has 1 N–H and O–H groups in total. The molecule has 5 heteroatoms. The molecular weight excluding hydrogens is 336 g/mol. The van der Waals surface area contributed by atoms with Crippen molar-refractivity contribution in [2.45, 2.75) is 43.7 Å². The highest BCUT2D eigenvalue weighted by Crippen LogP contribution is 2.46. The smallest absolute Gasteiger partial charge is 0.323 e. The highest BCUT2D eigenvalue weighted by molar-refractivity contribution is 5.95. The predicted molar refractivity (Wildman–Crippen MR) is 108 cm³/mol. The summed E-state index contributed by atoms with van der Waals surface area (Å²) in [6.07, 6.45) is 5.75. The van der Waals surface area contributed by atoms with Crippen molar-refractivity contribution in [3.05, 3.63) is 59.8 Å². The van der Waals surface area contributed by atoms with Gasteiger partial charge in [-0.1, -0.05) is 36.4 Å². The highest BCUT2D eigenvalue weighted by Gasteiger charge is 2.50. The average Bonchev–Trinajstić information content (AvgIpc) is 2.99. The van der Waals surface area contributed by atoms with Crippen LogP contribution in [0, 0.1) is 6.92 Å². The second kappa shape index (κ2) is 6.64. The Hall–Kier alpha value is -2.40. The molecule has 0 atom stereocenters. The van der Waals surface area contributed by atoms with Gasteiger partial charge in [0.15, 0.2) is 0 Å². The fourth-order valence-electron chi connectivity index (χ4n) is 4.81. The van der Waals surface area contributed by atoms with E-state index in [9.17, 15) is 4.79 Å². The molecule has 1 aliphatic carbocycles. The quantitative estimate of drug-likeness (QED) is 0.904. The van der Waals surface area contributed by atoms with E-state index in [1.165, 1.54) is 5.56 Å². The molecule has 5 nitrogen and oxygen atoms in total. The Morgan fingerprint density at radius 3 is 2.37 bits per heavy atom. The summed E-state index contributed by atoms with van der Waals surface area (Å²) in [6.45, 7) is 2.70. The summed E-state index contributed by atoms with van der Waals surface area (Å²) in [4.78, 5) is 21.4. The zero-order chi connectivity index (χ0) is 19.1. The van der Waals surface area contributed by atoms with Crippen LogP contribution in [0.1, 0.15) is 36.8 Å². The summed E-state index contributed by atoms with van der Waals surface area (Å²) in [5.74, 6) is 0.777. The first-order chi connectivity index (χ1) is 13.0. The third-order valence-corrected chi connectivity index (χ3v) is 6.52. The molecule has 1 aliphatic heterocycles. The number of urea groups is 1. The molecule has 1 aromatic heterocycles. The van der Waals surface area contributed by atoms with Crippen molar-refractivity contribution < 1.29 is 4.79 Å². The third kappa shape index (κ3) is 3.00. The maximum Gasteiger partial charge on any atom is 0.323 e. The molecule has 1 spiro atoms. The Labute approximate surface area is 161 Å². The van der Waals surface area contributed by atoms with Crippen molar-refractivity contribution in [1.29, 1.82) is 0 Å². The minimum absolute atomic E-state index is 0.0196. The highest BCUT2D eigenvalue weighted by atomic mass is 16.2. The summed E-state index contributed by atoms with van der Waals surface area (Å²) in [5.41, 5.74) is 2.28. The second-order valence-electron chi connectivity index (χ2n) is 8.23. The molecule has 2 aromatic rings. The maximum absolute atomic E-state index is 12.7. The van der Waals surface area contributed by atoms with Gasteiger partial charge in [-0.25, -0.2) is 9.78 Å². The van der Waals surface area contributed by atoms with E-state index in [2.05, 4.69) is 59.6 Å². The van der Waals surface area contributed by atoms with Crippen LogP contribution < -0.4 is 10.2 Å². The maximum atomic E-state index is 12.7. The van der Waals surface area contributed by atoms with Crippen LogP contribution in [-0.2, 0) is 5.54 Å². The number of anilines is 1. The number of nitrogens with zero attached hydrogens (tertiary/aromatic N) is 3. The zero-order valence-corrected chi connectivity index (χ0v) is 16.4. The van der Waals surface area contributed by atoms with Crippen LogP contribution in [-0.4, -0.2) is 42.1 Å². The van der Waals surface area contributed by atoms with E-state index in [0.29, 0.717) is 6.54 Å². The summed E-state index contributed by atoms with van der Waals surface area (Å²) < 4.78 is 0. The Balaban J connectivity index is 1.57.